The molecule has 0 radical (unpaired) electrons. The minimum Gasteiger partial charge on any atom is -0.462 e. The largest absolute Gasteiger partial charge is 0.462 e. The van der Waals surface area contributed by atoms with Crippen LogP contribution in [0.5, 0.6) is 0 Å². The fraction of sp³-hybridized carbons (Fsp3) is 0.500. The molecule has 3 aromatic heterocycles. The molecule has 12 nitrogen and oxygen atoms in total. The van der Waals surface area contributed by atoms with E-state index in [0.717, 1.165) is 174 Å². The average molecular weight is 1290 g/mol. The Hall–Kier alpha value is -7.86. The molecule has 11 rings (SSSR count). The highest BCUT2D eigenvalue weighted by molar-refractivity contribution is 6.13. The Morgan fingerprint density at radius 3 is 1.09 bits per heavy atom. The van der Waals surface area contributed by atoms with Crippen molar-refractivity contribution in [3.63, 3.8) is 0 Å². The molecule has 0 aliphatic carbocycles. The summed E-state index contributed by atoms with van der Waals surface area (Å²) in [4.78, 5) is 69.4. The summed E-state index contributed by atoms with van der Waals surface area (Å²) in [6.07, 6.45) is 38.1. The number of ether oxygens (including phenoxy) is 2. The summed E-state index contributed by atoms with van der Waals surface area (Å²) in [5.74, 6) is 1.66. The van der Waals surface area contributed by atoms with Gasteiger partial charge in [-0.3, -0.25) is 0 Å². The Balaban J connectivity index is 1.21. The zero-order chi connectivity index (χ0) is 66.6. The molecule has 0 unspecified atom stereocenters. The molecule has 12 heteroatoms. The van der Waals surface area contributed by atoms with E-state index in [1.807, 2.05) is 36.4 Å². The van der Waals surface area contributed by atoms with Gasteiger partial charge in [-0.1, -0.05) is 232 Å². The van der Waals surface area contributed by atoms with Gasteiger partial charge < -0.3 is 19.4 Å². The number of rotatable bonds is 38. The van der Waals surface area contributed by atoms with Gasteiger partial charge in [0.1, 0.15) is 22.6 Å². The monoisotopic (exact) mass is 1290 g/mol. The highest BCUT2D eigenvalue weighted by Gasteiger charge is 2.29. The molecule has 0 amide bonds. The summed E-state index contributed by atoms with van der Waals surface area (Å²) in [7, 11) is 0. The second-order valence-electron chi connectivity index (χ2n) is 27.6. The first-order valence-electron chi connectivity index (χ1n) is 37.8. The summed E-state index contributed by atoms with van der Waals surface area (Å²) < 4.78 is 11.6. The molecule has 2 aliphatic heterocycles. The summed E-state index contributed by atoms with van der Waals surface area (Å²) >= 11 is 0. The molecule has 0 spiro atoms. The first-order chi connectivity index (χ1) is 47.2. The number of benzene rings is 6. The Kier molecular flexibility index (Phi) is 25.3. The van der Waals surface area contributed by atoms with E-state index in [1.165, 1.54) is 138 Å². The third-order valence-corrected chi connectivity index (χ3v) is 20.0. The van der Waals surface area contributed by atoms with Gasteiger partial charge in [0, 0.05) is 43.8 Å². The van der Waals surface area contributed by atoms with Crippen LogP contribution in [-0.4, -0.2) is 65.0 Å². The first-order valence-corrected chi connectivity index (χ1v) is 37.8. The van der Waals surface area contributed by atoms with Crippen molar-refractivity contribution < 1.29 is 19.1 Å². The van der Waals surface area contributed by atoms with Crippen molar-refractivity contribution in [2.75, 3.05) is 13.2 Å². The highest BCUT2D eigenvalue weighted by Crippen LogP contribution is 2.44. The fourth-order valence-corrected chi connectivity index (χ4v) is 14.5. The van der Waals surface area contributed by atoms with Crippen molar-refractivity contribution in [1.29, 1.82) is 0 Å². The molecule has 96 heavy (non-hydrogen) atoms. The first kappa shape index (κ1) is 69.5. The standard InChI is InChI=1S/C84H106N8O4/c1-7-13-19-23-27-31-37-57-41-43-59(39-33-29-25-21-15-9-3)73-71(57)79-88-77-68-54-62-46-48-63(83(93)95-49-35-17-11-5)51-65(62)55-69(68)76(87-77)85-75-67-53-61-45-47-64(84(94)96-50-36-18-12-6)52-66(61)56-70(67)78(86-75)89-80-72-58(38-32-28-24-20-14-8-2)42-44-60(40-34-30-26-22-16-10-4)74(72)82(91-80)92-81(73)90-79/h41-48,51-56H,7-40,49-50H2,1-6H3,(H2,85,86,87,88,89,90,91,92). The molecule has 0 atom stereocenters. The van der Waals surface area contributed by atoms with Gasteiger partial charge in [0.25, 0.3) is 0 Å². The van der Waals surface area contributed by atoms with E-state index in [4.69, 9.17) is 39.4 Å². The lowest BCUT2D eigenvalue weighted by Gasteiger charge is -2.13. The van der Waals surface area contributed by atoms with Crippen LogP contribution < -0.4 is 0 Å². The van der Waals surface area contributed by atoms with E-state index >= 15 is 0 Å². The van der Waals surface area contributed by atoms with Gasteiger partial charge in [0.2, 0.25) is 0 Å². The molecule has 6 aromatic carbocycles. The van der Waals surface area contributed by atoms with Crippen molar-refractivity contribution >= 4 is 77.6 Å². The van der Waals surface area contributed by atoms with E-state index in [1.54, 1.807) is 0 Å². The summed E-state index contributed by atoms with van der Waals surface area (Å²) in [5.41, 5.74) is 12.5. The minimum absolute atomic E-state index is 0.332. The van der Waals surface area contributed by atoms with Gasteiger partial charge in [-0.05, 0) is 157 Å². The van der Waals surface area contributed by atoms with Crippen molar-refractivity contribution in [1.82, 2.24) is 39.9 Å². The van der Waals surface area contributed by atoms with Crippen molar-refractivity contribution in [3.8, 4) is 45.6 Å². The topological polar surface area (TPSA) is 162 Å². The molecule has 0 saturated carbocycles. The van der Waals surface area contributed by atoms with Crippen LogP contribution in [0.15, 0.2) is 84.9 Å². The Labute approximate surface area is 570 Å². The predicted molar refractivity (Wildman–Crippen MR) is 399 cm³/mol. The number of fused-ring (bicyclic) bond motifs is 22. The van der Waals surface area contributed by atoms with E-state index in [0.29, 0.717) is 64.6 Å². The summed E-state index contributed by atoms with van der Waals surface area (Å²) in [6.45, 7) is 14.2. The van der Waals surface area contributed by atoms with E-state index in [-0.39, 0.29) is 11.9 Å². The summed E-state index contributed by atoms with van der Waals surface area (Å²) in [6, 6.07) is 29.7. The van der Waals surface area contributed by atoms with Crippen LogP contribution in [-0.2, 0) is 35.2 Å². The average Bonchev–Trinajstić information content (AvgIpc) is 1.58. The Morgan fingerprint density at radius 2 is 0.635 bits per heavy atom. The van der Waals surface area contributed by atoms with Gasteiger partial charge in [-0.2, -0.15) is 0 Å². The lowest BCUT2D eigenvalue weighted by Crippen LogP contribution is -2.06. The maximum absolute atomic E-state index is 13.7. The van der Waals surface area contributed by atoms with Crippen molar-refractivity contribution in [3.05, 3.63) is 118 Å². The third-order valence-electron chi connectivity index (χ3n) is 20.0. The molecule has 2 N–H and O–H groups in total. The van der Waals surface area contributed by atoms with Crippen LogP contribution in [0, 0.1) is 0 Å². The second kappa shape index (κ2) is 34.9. The molecule has 0 fully saturated rings. The number of aryl methyl sites for hydroxylation is 4. The molecule has 5 heterocycles. The smallest absolute Gasteiger partial charge is 0.338 e. The van der Waals surface area contributed by atoms with Gasteiger partial charge in [-0.15, -0.1) is 0 Å². The number of unbranched alkanes of at least 4 members (excludes halogenated alkanes) is 24. The third kappa shape index (κ3) is 16.9. The number of hydrogen-bond acceptors (Lipinski definition) is 10. The number of nitrogens with one attached hydrogen (secondary N) is 2. The fourth-order valence-electron chi connectivity index (χ4n) is 14.5. The molecule has 2 aliphatic rings. The number of carbonyl (C=O) groups is 2. The van der Waals surface area contributed by atoms with Crippen molar-refractivity contribution in [2.45, 2.75) is 260 Å². The zero-order valence-electron chi connectivity index (χ0n) is 58.9. The quantitative estimate of drug-likeness (QED) is 0.0281. The number of esters is 2. The second-order valence-corrected chi connectivity index (χ2v) is 27.6. The maximum atomic E-state index is 13.7. The molecular formula is C84H106N8O4. The Bertz CT molecular complexity index is 4310. The minimum atomic E-state index is -0.333. The highest BCUT2D eigenvalue weighted by atomic mass is 16.5. The SMILES string of the molecule is CCCCCCCCc1ccc(CCCCCCCC)c2c1-c1nc-2nc2[nH]c(nc3nc(nc4[nH]c(n1)c1cc5ccc(C(=O)OCCCCC)cc5cc41)-c1cc4ccc(C(=O)OCCCCC)cc4cc1-3)c1c(CCCCCCCC)ccc(CCCCCCCC)c21. The van der Waals surface area contributed by atoms with Crippen LogP contribution in [0.25, 0.3) is 111 Å². The van der Waals surface area contributed by atoms with Gasteiger partial charge in [-0.25, -0.2) is 39.5 Å². The predicted octanol–water partition coefficient (Wildman–Crippen LogP) is 23.5. The number of nitrogens with zero attached hydrogens (tertiary/aromatic N) is 6. The molecule has 0 saturated heterocycles. The Morgan fingerprint density at radius 1 is 0.312 bits per heavy atom. The lowest BCUT2D eigenvalue weighted by molar-refractivity contribution is 0.0489. The molecule has 9 aromatic rings. The molecule has 506 valence electrons. The number of aromatic amines is 2. The van der Waals surface area contributed by atoms with Crippen LogP contribution in [0.3, 0.4) is 0 Å². The van der Waals surface area contributed by atoms with E-state index in [2.05, 4.69) is 100 Å². The van der Waals surface area contributed by atoms with Gasteiger partial charge >= 0.3 is 11.9 Å². The van der Waals surface area contributed by atoms with Crippen molar-refractivity contribution in [2.24, 2.45) is 0 Å². The number of aromatic nitrogens is 8. The zero-order valence-corrected chi connectivity index (χ0v) is 58.9. The van der Waals surface area contributed by atoms with Crippen LogP contribution >= 0.6 is 0 Å². The summed E-state index contributed by atoms with van der Waals surface area (Å²) in [5, 5.41) is 7.53. The van der Waals surface area contributed by atoms with E-state index < -0.39 is 0 Å². The van der Waals surface area contributed by atoms with E-state index in [9.17, 15) is 9.59 Å². The van der Waals surface area contributed by atoms with Gasteiger partial charge in [0.05, 0.1) is 24.3 Å². The lowest BCUT2D eigenvalue weighted by atomic mass is 9.91. The molecular weight excluding hydrogens is 1180 g/mol. The number of carbonyl (C=O) groups excluding carboxylic acids is 2. The van der Waals surface area contributed by atoms with Crippen LogP contribution in [0.1, 0.15) is 277 Å². The van der Waals surface area contributed by atoms with Crippen LogP contribution in [0.2, 0.25) is 0 Å². The number of hydrogen-bond donors (Lipinski definition) is 2. The number of H-pyrrole nitrogens is 2. The normalized spacial score (nSPS) is 12.0. The van der Waals surface area contributed by atoms with Gasteiger partial charge in [0.15, 0.2) is 23.3 Å². The maximum Gasteiger partial charge on any atom is 0.338 e. The molecule has 8 bridgehead atoms. The van der Waals surface area contributed by atoms with Crippen LogP contribution in [0.4, 0.5) is 0 Å².